The highest BCUT2D eigenvalue weighted by molar-refractivity contribution is 5.18. The number of H-pyrrole nitrogens is 1. The molecule has 5 nitrogen and oxygen atoms in total. The first-order chi connectivity index (χ1) is 9.69. The van der Waals surface area contributed by atoms with E-state index >= 15 is 0 Å². The van der Waals surface area contributed by atoms with Crippen LogP contribution in [0.2, 0.25) is 0 Å². The van der Waals surface area contributed by atoms with Crippen molar-refractivity contribution in [3.63, 3.8) is 0 Å². The normalized spacial score (nSPS) is 22.5. The summed E-state index contributed by atoms with van der Waals surface area (Å²) < 4.78 is 2.32. The lowest BCUT2D eigenvalue weighted by Crippen LogP contribution is -2.28. The zero-order chi connectivity index (χ0) is 14.0. The molecule has 0 aromatic carbocycles. The number of hydrogen-bond acceptors (Lipinski definition) is 3. The summed E-state index contributed by atoms with van der Waals surface area (Å²) in [5, 5.41) is 10.5. The average molecular weight is 273 g/mol. The first-order valence-corrected chi connectivity index (χ1v) is 7.39. The summed E-state index contributed by atoms with van der Waals surface area (Å²) in [4.78, 5) is 4.36. The highest BCUT2D eigenvalue weighted by atomic mass is 15.1. The molecule has 0 bridgehead atoms. The lowest BCUT2D eigenvalue weighted by molar-refractivity contribution is 0.466. The second-order valence-corrected chi connectivity index (χ2v) is 6.08. The molecule has 1 aliphatic rings. The number of aromatic nitrogens is 4. The number of rotatable bonds is 5. The standard InChI is InChI=1S/C15H23N5/c1-12-13(8-18-19-12)4-3-7-20-11-17-9-14(20)15(2)5-6-16-10-15/h8-9,11,16H,3-7,10H2,1-2H3,(H,18,19). The van der Waals surface area contributed by atoms with E-state index < -0.39 is 0 Å². The largest absolute Gasteiger partial charge is 0.334 e. The van der Waals surface area contributed by atoms with E-state index in [0.29, 0.717) is 0 Å². The van der Waals surface area contributed by atoms with E-state index in [1.807, 2.05) is 18.7 Å². The number of aryl methyl sites for hydroxylation is 3. The molecular formula is C15H23N5. The van der Waals surface area contributed by atoms with Crippen molar-refractivity contribution in [3.8, 4) is 0 Å². The van der Waals surface area contributed by atoms with Gasteiger partial charge in [0.1, 0.15) is 0 Å². The topological polar surface area (TPSA) is 58.5 Å². The van der Waals surface area contributed by atoms with Crippen LogP contribution >= 0.6 is 0 Å². The number of hydrogen-bond donors (Lipinski definition) is 2. The maximum Gasteiger partial charge on any atom is 0.0948 e. The molecule has 108 valence electrons. The Kier molecular flexibility index (Phi) is 3.61. The first-order valence-electron chi connectivity index (χ1n) is 7.39. The fourth-order valence-electron chi connectivity index (χ4n) is 3.10. The maximum atomic E-state index is 4.36. The summed E-state index contributed by atoms with van der Waals surface area (Å²) in [5.74, 6) is 0. The van der Waals surface area contributed by atoms with Crippen LogP contribution < -0.4 is 5.32 Å². The molecule has 1 aliphatic heterocycles. The Morgan fingerprint density at radius 2 is 2.30 bits per heavy atom. The molecule has 1 fully saturated rings. The monoisotopic (exact) mass is 273 g/mol. The van der Waals surface area contributed by atoms with Crippen LogP contribution in [0.3, 0.4) is 0 Å². The van der Waals surface area contributed by atoms with Crippen LogP contribution in [0.5, 0.6) is 0 Å². The molecule has 1 atom stereocenters. The van der Waals surface area contributed by atoms with Crippen LogP contribution in [-0.2, 0) is 18.4 Å². The Hall–Kier alpha value is -1.62. The van der Waals surface area contributed by atoms with E-state index in [-0.39, 0.29) is 5.41 Å². The second kappa shape index (κ2) is 5.40. The lowest BCUT2D eigenvalue weighted by atomic mass is 9.86. The van der Waals surface area contributed by atoms with Gasteiger partial charge in [-0.2, -0.15) is 5.10 Å². The van der Waals surface area contributed by atoms with Gasteiger partial charge in [0.05, 0.1) is 12.5 Å². The van der Waals surface area contributed by atoms with Gasteiger partial charge in [-0.25, -0.2) is 4.98 Å². The molecule has 0 saturated carbocycles. The molecule has 1 unspecified atom stereocenters. The molecule has 0 spiro atoms. The predicted octanol–water partition coefficient (Wildman–Crippen LogP) is 1.80. The minimum Gasteiger partial charge on any atom is -0.334 e. The van der Waals surface area contributed by atoms with Crippen molar-refractivity contribution in [2.45, 2.75) is 45.1 Å². The predicted molar refractivity (Wildman–Crippen MR) is 78.7 cm³/mol. The molecule has 0 amide bonds. The van der Waals surface area contributed by atoms with Crippen molar-refractivity contribution in [1.29, 1.82) is 0 Å². The molecule has 2 N–H and O–H groups in total. The molecule has 0 aliphatic carbocycles. The summed E-state index contributed by atoms with van der Waals surface area (Å²) in [6, 6.07) is 0. The molecular weight excluding hydrogens is 250 g/mol. The van der Waals surface area contributed by atoms with Gasteiger partial charge >= 0.3 is 0 Å². The Labute approximate surface area is 119 Å². The average Bonchev–Trinajstić information content (AvgIpc) is 3.13. The zero-order valence-corrected chi connectivity index (χ0v) is 12.3. The quantitative estimate of drug-likeness (QED) is 0.873. The fraction of sp³-hybridized carbons (Fsp3) is 0.600. The highest BCUT2D eigenvalue weighted by Gasteiger charge is 2.33. The van der Waals surface area contributed by atoms with E-state index in [9.17, 15) is 0 Å². The van der Waals surface area contributed by atoms with E-state index in [0.717, 1.165) is 32.5 Å². The van der Waals surface area contributed by atoms with Gasteiger partial charge in [0.15, 0.2) is 0 Å². The molecule has 2 aromatic rings. The third kappa shape index (κ3) is 2.50. The van der Waals surface area contributed by atoms with E-state index in [2.05, 4.69) is 38.9 Å². The van der Waals surface area contributed by atoms with Crippen molar-refractivity contribution < 1.29 is 0 Å². The number of aromatic amines is 1. The summed E-state index contributed by atoms with van der Waals surface area (Å²) in [5.41, 5.74) is 4.11. The number of nitrogens with one attached hydrogen (secondary N) is 2. The lowest BCUT2D eigenvalue weighted by Gasteiger charge is -2.24. The van der Waals surface area contributed by atoms with Gasteiger partial charge in [-0.1, -0.05) is 6.92 Å². The van der Waals surface area contributed by atoms with Gasteiger partial charge in [0, 0.05) is 36.1 Å². The van der Waals surface area contributed by atoms with E-state index in [1.165, 1.54) is 23.4 Å². The summed E-state index contributed by atoms with van der Waals surface area (Å²) in [6.45, 7) is 7.60. The molecule has 0 radical (unpaired) electrons. The third-order valence-electron chi connectivity index (χ3n) is 4.48. The van der Waals surface area contributed by atoms with Crippen molar-refractivity contribution in [2.24, 2.45) is 0 Å². The van der Waals surface area contributed by atoms with Crippen LogP contribution in [0, 0.1) is 6.92 Å². The Morgan fingerprint density at radius 3 is 3.00 bits per heavy atom. The Balaban J connectivity index is 1.64. The van der Waals surface area contributed by atoms with Gasteiger partial charge < -0.3 is 9.88 Å². The highest BCUT2D eigenvalue weighted by Crippen LogP contribution is 2.29. The molecule has 1 saturated heterocycles. The summed E-state index contributed by atoms with van der Waals surface area (Å²) in [6.07, 6.45) is 9.32. The third-order valence-corrected chi connectivity index (χ3v) is 4.48. The van der Waals surface area contributed by atoms with Crippen molar-refractivity contribution >= 4 is 0 Å². The summed E-state index contributed by atoms with van der Waals surface area (Å²) in [7, 11) is 0. The van der Waals surface area contributed by atoms with Crippen molar-refractivity contribution in [3.05, 3.63) is 35.7 Å². The second-order valence-electron chi connectivity index (χ2n) is 6.08. The van der Waals surface area contributed by atoms with E-state index in [4.69, 9.17) is 0 Å². The van der Waals surface area contributed by atoms with Gasteiger partial charge in [-0.15, -0.1) is 0 Å². The Bertz CT molecular complexity index is 562. The smallest absolute Gasteiger partial charge is 0.0948 e. The van der Waals surface area contributed by atoms with Crippen LogP contribution in [0.4, 0.5) is 0 Å². The van der Waals surface area contributed by atoms with Crippen LogP contribution in [-0.4, -0.2) is 32.8 Å². The fourth-order valence-corrected chi connectivity index (χ4v) is 3.10. The van der Waals surface area contributed by atoms with Crippen LogP contribution in [0.25, 0.3) is 0 Å². The van der Waals surface area contributed by atoms with Gasteiger partial charge in [-0.05, 0) is 38.3 Å². The van der Waals surface area contributed by atoms with E-state index in [1.54, 1.807) is 0 Å². The SMILES string of the molecule is Cc1[nH]ncc1CCCn1cncc1C1(C)CCNC1. The minimum absolute atomic E-state index is 0.238. The van der Waals surface area contributed by atoms with Crippen LogP contribution in [0.15, 0.2) is 18.7 Å². The number of nitrogens with zero attached hydrogens (tertiary/aromatic N) is 3. The Morgan fingerprint density at radius 1 is 1.40 bits per heavy atom. The van der Waals surface area contributed by atoms with Gasteiger partial charge in [-0.3, -0.25) is 5.10 Å². The van der Waals surface area contributed by atoms with Gasteiger partial charge in [0.25, 0.3) is 0 Å². The molecule has 20 heavy (non-hydrogen) atoms. The molecule has 3 heterocycles. The van der Waals surface area contributed by atoms with Crippen LogP contribution in [0.1, 0.15) is 36.7 Å². The summed E-state index contributed by atoms with van der Waals surface area (Å²) >= 11 is 0. The molecule has 3 rings (SSSR count). The van der Waals surface area contributed by atoms with Crippen molar-refractivity contribution in [2.75, 3.05) is 13.1 Å². The van der Waals surface area contributed by atoms with Crippen molar-refractivity contribution in [1.82, 2.24) is 25.1 Å². The first kappa shape index (κ1) is 13.4. The minimum atomic E-state index is 0.238. The molecule has 5 heteroatoms. The van der Waals surface area contributed by atoms with Gasteiger partial charge in [0.2, 0.25) is 0 Å². The number of imidazole rings is 1. The maximum absolute atomic E-state index is 4.36. The molecule has 2 aromatic heterocycles. The zero-order valence-electron chi connectivity index (χ0n) is 12.3.